The van der Waals surface area contributed by atoms with Gasteiger partial charge in [0.05, 0.1) is 23.8 Å². The van der Waals surface area contributed by atoms with Gasteiger partial charge >= 0.3 is 18.2 Å². The molecule has 1 atom stereocenters. The van der Waals surface area contributed by atoms with E-state index in [4.69, 9.17) is 9.47 Å². The normalized spacial score (nSPS) is 18.0. The maximum absolute atomic E-state index is 13.0. The van der Waals surface area contributed by atoms with Crippen molar-refractivity contribution < 1.29 is 32.2 Å². The number of nitrogens with zero attached hydrogens (tertiary/aromatic N) is 1. The molecule has 1 aromatic rings. The molecule has 0 unspecified atom stereocenters. The number of allylic oxidation sites excluding steroid dienone is 1. The Hall–Kier alpha value is -2.55. The molecular formula is C17H19F3N2O4. The van der Waals surface area contributed by atoms with Crippen molar-refractivity contribution in [1.29, 1.82) is 0 Å². The standard InChI is InChI=1S/C17H19F3N2O4/c1-10-13(15(23)26-8-7-25-3)14(21-16(24)22(10)2)11-5-4-6-12(9-11)17(18,19)20/h4-6,9,14H,7-8H2,1-3H3,(H,21,24)/t14-/m0/s1. The number of carbonyl (C=O) groups is 2. The Morgan fingerprint density at radius 2 is 2.00 bits per heavy atom. The lowest BCUT2D eigenvalue weighted by Gasteiger charge is -2.33. The molecule has 0 bridgehead atoms. The predicted octanol–water partition coefficient (Wildman–Crippen LogP) is 2.87. The van der Waals surface area contributed by atoms with E-state index in [0.29, 0.717) is 5.70 Å². The number of benzene rings is 1. The number of esters is 1. The second-order valence-electron chi connectivity index (χ2n) is 5.69. The van der Waals surface area contributed by atoms with Gasteiger partial charge in [0.1, 0.15) is 6.61 Å². The van der Waals surface area contributed by atoms with Gasteiger partial charge in [-0.15, -0.1) is 0 Å². The molecule has 9 heteroatoms. The molecule has 1 N–H and O–H groups in total. The van der Waals surface area contributed by atoms with E-state index >= 15 is 0 Å². The molecule has 2 rings (SSSR count). The molecule has 1 heterocycles. The maximum Gasteiger partial charge on any atom is 0.416 e. The van der Waals surface area contributed by atoms with Crippen LogP contribution >= 0.6 is 0 Å². The highest BCUT2D eigenvalue weighted by Gasteiger charge is 2.37. The number of amides is 2. The summed E-state index contributed by atoms with van der Waals surface area (Å²) >= 11 is 0. The molecule has 1 aliphatic rings. The van der Waals surface area contributed by atoms with E-state index in [1.807, 2.05) is 0 Å². The van der Waals surface area contributed by atoms with Crippen LogP contribution < -0.4 is 5.32 Å². The van der Waals surface area contributed by atoms with Crippen molar-refractivity contribution in [3.63, 3.8) is 0 Å². The van der Waals surface area contributed by atoms with E-state index in [1.54, 1.807) is 0 Å². The van der Waals surface area contributed by atoms with Crippen molar-refractivity contribution in [3.8, 4) is 0 Å². The number of alkyl halides is 3. The molecule has 1 aromatic carbocycles. The van der Waals surface area contributed by atoms with Crippen molar-refractivity contribution >= 4 is 12.0 Å². The minimum absolute atomic E-state index is 0.0148. The van der Waals surface area contributed by atoms with Crippen LogP contribution in [-0.2, 0) is 20.4 Å². The molecule has 0 aliphatic carbocycles. The lowest BCUT2D eigenvalue weighted by atomic mass is 9.94. The van der Waals surface area contributed by atoms with Crippen molar-refractivity contribution in [3.05, 3.63) is 46.7 Å². The first-order valence-electron chi connectivity index (χ1n) is 7.75. The first-order valence-corrected chi connectivity index (χ1v) is 7.75. The number of nitrogens with one attached hydrogen (secondary N) is 1. The Morgan fingerprint density at radius 1 is 1.31 bits per heavy atom. The van der Waals surface area contributed by atoms with E-state index in [2.05, 4.69) is 5.32 Å². The SMILES string of the molecule is COCCOC(=O)C1=C(C)N(C)C(=O)N[C@H]1c1cccc(C(F)(F)F)c1. The van der Waals surface area contributed by atoms with Crippen LogP contribution in [0.3, 0.4) is 0 Å². The van der Waals surface area contributed by atoms with Gasteiger partial charge in [0.2, 0.25) is 0 Å². The summed E-state index contributed by atoms with van der Waals surface area (Å²) in [5.74, 6) is -0.728. The van der Waals surface area contributed by atoms with Gasteiger partial charge in [0, 0.05) is 19.9 Å². The smallest absolute Gasteiger partial charge is 0.416 e. The Morgan fingerprint density at radius 3 is 2.62 bits per heavy atom. The quantitative estimate of drug-likeness (QED) is 0.638. The largest absolute Gasteiger partial charge is 0.460 e. The third-order valence-electron chi connectivity index (χ3n) is 4.04. The molecule has 6 nitrogen and oxygen atoms in total. The fraction of sp³-hybridized carbons (Fsp3) is 0.412. The van der Waals surface area contributed by atoms with Gasteiger partial charge in [-0.2, -0.15) is 13.2 Å². The van der Waals surface area contributed by atoms with Crippen LogP contribution in [0.25, 0.3) is 0 Å². The Labute approximate surface area is 148 Å². The number of rotatable bonds is 5. The number of ether oxygens (including phenoxy) is 2. The predicted molar refractivity (Wildman–Crippen MR) is 86.0 cm³/mol. The summed E-state index contributed by atoms with van der Waals surface area (Å²) in [6.07, 6.45) is -4.54. The second kappa shape index (κ2) is 7.77. The molecule has 0 aromatic heterocycles. The number of methoxy groups -OCH3 is 1. The first kappa shape index (κ1) is 19.8. The molecule has 26 heavy (non-hydrogen) atoms. The number of hydrogen-bond donors (Lipinski definition) is 1. The third-order valence-corrected chi connectivity index (χ3v) is 4.04. The van der Waals surface area contributed by atoms with Crippen molar-refractivity contribution in [2.45, 2.75) is 19.1 Å². The lowest BCUT2D eigenvalue weighted by Crippen LogP contribution is -2.46. The third kappa shape index (κ3) is 4.16. The van der Waals surface area contributed by atoms with Gasteiger partial charge < -0.3 is 19.7 Å². The zero-order chi connectivity index (χ0) is 19.5. The van der Waals surface area contributed by atoms with Crippen LogP contribution in [0.15, 0.2) is 35.5 Å². The topological polar surface area (TPSA) is 67.9 Å². The summed E-state index contributed by atoms with van der Waals surface area (Å²) in [4.78, 5) is 25.8. The van der Waals surface area contributed by atoms with Crippen LogP contribution in [0.2, 0.25) is 0 Å². The van der Waals surface area contributed by atoms with Gasteiger partial charge in [0.25, 0.3) is 0 Å². The van der Waals surface area contributed by atoms with Crippen LogP contribution in [-0.4, -0.2) is 44.3 Å². The highest BCUT2D eigenvalue weighted by atomic mass is 19.4. The molecule has 0 radical (unpaired) electrons. The van der Waals surface area contributed by atoms with Gasteiger partial charge in [-0.3, -0.25) is 0 Å². The average Bonchev–Trinajstić information content (AvgIpc) is 2.58. The Balaban J connectivity index is 2.44. The highest BCUT2D eigenvalue weighted by molar-refractivity contribution is 5.95. The number of carbonyl (C=O) groups excluding carboxylic acids is 2. The van der Waals surface area contributed by atoms with E-state index in [-0.39, 0.29) is 24.4 Å². The first-order chi connectivity index (χ1) is 12.2. The van der Waals surface area contributed by atoms with Gasteiger partial charge in [-0.05, 0) is 24.6 Å². The molecular weight excluding hydrogens is 353 g/mol. The van der Waals surface area contributed by atoms with Crippen LogP contribution in [0.1, 0.15) is 24.1 Å². The summed E-state index contributed by atoms with van der Waals surface area (Å²) in [5, 5.41) is 2.54. The minimum Gasteiger partial charge on any atom is -0.460 e. The molecule has 1 aliphatic heterocycles. The van der Waals surface area contributed by atoms with Gasteiger partial charge in [-0.25, -0.2) is 9.59 Å². The summed E-state index contributed by atoms with van der Waals surface area (Å²) in [7, 11) is 2.90. The summed E-state index contributed by atoms with van der Waals surface area (Å²) in [5.41, 5.74) is -0.353. The van der Waals surface area contributed by atoms with Crippen LogP contribution in [0.4, 0.5) is 18.0 Å². The van der Waals surface area contributed by atoms with Crippen molar-refractivity contribution in [2.75, 3.05) is 27.4 Å². The average molecular weight is 372 g/mol. The molecule has 0 fully saturated rings. The van der Waals surface area contributed by atoms with E-state index in [0.717, 1.165) is 12.1 Å². The van der Waals surface area contributed by atoms with Gasteiger partial charge in [0.15, 0.2) is 0 Å². The minimum atomic E-state index is -4.54. The second-order valence-corrected chi connectivity index (χ2v) is 5.69. The molecule has 142 valence electrons. The zero-order valence-corrected chi connectivity index (χ0v) is 14.5. The summed E-state index contributed by atoms with van der Waals surface area (Å²) < 4.78 is 48.9. The monoisotopic (exact) mass is 372 g/mol. The number of halogens is 3. The van der Waals surface area contributed by atoms with Crippen LogP contribution in [0.5, 0.6) is 0 Å². The molecule has 0 spiro atoms. The summed E-state index contributed by atoms with van der Waals surface area (Å²) in [6, 6.07) is 2.90. The Kier molecular flexibility index (Phi) is 5.91. The summed E-state index contributed by atoms with van der Waals surface area (Å²) in [6.45, 7) is 1.69. The highest BCUT2D eigenvalue weighted by Crippen LogP contribution is 2.35. The fourth-order valence-electron chi connectivity index (χ4n) is 2.54. The van der Waals surface area contributed by atoms with E-state index in [9.17, 15) is 22.8 Å². The lowest BCUT2D eigenvalue weighted by molar-refractivity contribution is -0.141. The number of hydrogen-bond acceptors (Lipinski definition) is 4. The van der Waals surface area contributed by atoms with E-state index < -0.39 is 29.8 Å². The molecule has 2 amide bonds. The fourth-order valence-corrected chi connectivity index (χ4v) is 2.54. The van der Waals surface area contributed by atoms with Crippen molar-refractivity contribution in [1.82, 2.24) is 10.2 Å². The zero-order valence-electron chi connectivity index (χ0n) is 14.5. The maximum atomic E-state index is 13.0. The Bertz CT molecular complexity index is 731. The van der Waals surface area contributed by atoms with Gasteiger partial charge in [-0.1, -0.05) is 12.1 Å². The van der Waals surface area contributed by atoms with Crippen LogP contribution in [0, 0.1) is 0 Å². The van der Waals surface area contributed by atoms with Crippen molar-refractivity contribution in [2.24, 2.45) is 0 Å². The number of urea groups is 1. The van der Waals surface area contributed by atoms with E-state index in [1.165, 1.54) is 38.1 Å². The molecule has 0 saturated carbocycles. The molecule has 0 saturated heterocycles.